The maximum absolute atomic E-state index is 15.3. The normalized spacial score (nSPS) is 17.7. The van der Waals surface area contributed by atoms with Crippen LogP contribution in [0.5, 0.6) is 11.5 Å². The number of carbonyl (C=O) groups is 1. The van der Waals surface area contributed by atoms with Crippen LogP contribution in [0.3, 0.4) is 0 Å². The van der Waals surface area contributed by atoms with E-state index in [9.17, 15) is 9.90 Å². The molecule has 6 rings (SSSR count). The molecule has 9 heteroatoms. The summed E-state index contributed by atoms with van der Waals surface area (Å²) in [4.78, 5) is 15.5. The summed E-state index contributed by atoms with van der Waals surface area (Å²) in [6, 6.07) is 12.7. The van der Waals surface area contributed by atoms with E-state index in [0.717, 1.165) is 38.9 Å². The molecule has 1 unspecified atom stereocenters. The van der Waals surface area contributed by atoms with Crippen LogP contribution in [0.4, 0.5) is 4.39 Å². The third-order valence-corrected chi connectivity index (χ3v) is 7.86. The van der Waals surface area contributed by atoms with Crippen molar-refractivity contribution < 1.29 is 33.4 Å². The largest absolute Gasteiger partial charge is 0.492 e. The van der Waals surface area contributed by atoms with Crippen molar-refractivity contribution in [3.05, 3.63) is 82.0 Å². The first-order valence-corrected chi connectivity index (χ1v) is 13.6. The van der Waals surface area contributed by atoms with Crippen LogP contribution in [0.25, 0.3) is 22.5 Å². The molecule has 8 nitrogen and oxygen atoms in total. The Morgan fingerprint density at radius 3 is 2.59 bits per heavy atom. The Balaban J connectivity index is 1.30. The molecule has 1 aliphatic heterocycles. The Labute approximate surface area is 236 Å². The van der Waals surface area contributed by atoms with Gasteiger partial charge in [-0.05, 0) is 92.6 Å². The number of hydrogen-bond donors (Lipinski definition) is 2. The summed E-state index contributed by atoms with van der Waals surface area (Å²) in [6.07, 6.45) is 0.837. The molecule has 0 bridgehead atoms. The van der Waals surface area contributed by atoms with Gasteiger partial charge in [-0.2, -0.15) is 4.98 Å². The number of benzene rings is 3. The Kier molecular flexibility index (Phi) is 6.57. The molecule has 2 atom stereocenters. The van der Waals surface area contributed by atoms with Crippen LogP contribution in [0.2, 0.25) is 0 Å². The quantitative estimate of drug-likeness (QED) is 0.268. The highest BCUT2D eigenvalue weighted by molar-refractivity contribution is 5.78. The summed E-state index contributed by atoms with van der Waals surface area (Å²) >= 11 is 0. The second-order valence-corrected chi connectivity index (χ2v) is 11.4. The van der Waals surface area contributed by atoms with Gasteiger partial charge in [0.1, 0.15) is 29.0 Å². The molecule has 0 amide bonds. The van der Waals surface area contributed by atoms with Crippen molar-refractivity contribution in [2.24, 2.45) is 0 Å². The lowest BCUT2D eigenvalue weighted by Gasteiger charge is -2.19. The Morgan fingerprint density at radius 2 is 1.90 bits per heavy atom. The minimum Gasteiger partial charge on any atom is -0.492 e. The number of aliphatic carboxylic acids is 1. The molecular weight excluding hydrogens is 527 g/mol. The van der Waals surface area contributed by atoms with Crippen LogP contribution < -0.4 is 9.47 Å². The molecule has 0 radical (unpaired) electrons. The smallest absolute Gasteiger partial charge is 0.304 e. The number of hydrogen-bond acceptors (Lipinski definition) is 7. The lowest BCUT2D eigenvalue weighted by atomic mass is 9.89. The number of halogens is 1. The van der Waals surface area contributed by atoms with E-state index in [2.05, 4.69) is 10.1 Å². The van der Waals surface area contributed by atoms with Crippen molar-refractivity contribution in [2.75, 3.05) is 6.61 Å². The number of aryl methyl sites for hydroxylation is 2. The van der Waals surface area contributed by atoms with E-state index in [0.29, 0.717) is 42.3 Å². The van der Waals surface area contributed by atoms with Crippen LogP contribution in [-0.4, -0.2) is 32.9 Å². The van der Waals surface area contributed by atoms with Crippen molar-refractivity contribution in [1.29, 1.82) is 0 Å². The maximum Gasteiger partial charge on any atom is 0.304 e. The average molecular weight is 559 g/mol. The molecule has 4 aromatic rings. The molecule has 0 spiro atoms. The predicted molar refractivity (Wildman–Crippen MR) is 148 cm³/mol. The molecular formula is C32H31FN2O6. The fourth-order valence-electron chi connectivity index (χ4n) is 6.01. The number of carboxylic acids is 1. The molecule has 2 N–H and O–H groups in total. The molecule has 41 heavy (non-hydrogen) atoms. The highest BCUT2D eigenvalue weighted by Crippen LogP contribution is 2.45. The first-order chi connectivity index (χ1) is 19.5. The van der Waals surface area contributed by atoms with Crippen LogP contribution in [-0.2, 0) is 16.8 Å². The first-order valence-electron chi connectivity index (χ1n) is 13.6. The van der Waals surface area contributed by atoms with E-state index >= 15 is 4.39 Å². The molecule has 0 saturated heterocycles. The number of aromatic nitrogens is 2. The number of nitrogens with zero attached hydrogens (tertiary/aromatic N) is 2. The molecule has 1 aromatic heterocycles. The van der Waals surface area contributed by atoms with Gasteiger partial charge in [-0.25, -0.2) is 4.39 Å². The van der Waals surface area contributed by atoms with E-state index in [4.69, 9.17) is 19.1 Å². The lowest BCUT2D eigenvalue weighted by Crippen LogP contribution is -2.15. The zero-order chi connectivity index (χ0) is 29.1. The van der Waals surface area contributed by atoms with Gasteiger partial charge in [0.2, 0.25) is 5.82 Å². The first kappa shape index (κ1) is 27.0. The number of carboxylic acid groups (broad SMARTS) is 1. The standard InChI is InChI=1S/C32H31FN2O6/c1-16-11-18(30-34-31(41-35-30)32(3,4)38)12-17(2)28(16)22-7-9-24(33)29-23(22)8-10-25(29)40-20-5-6-21-19(13-27(36)37)15-39-26(21)14-20/h5-7,9,11-12,14,19,25,38H,8,10,13,15H2,1-4H3,(H,36,37)/t19?,25-/m1/s1. The summed E-state index contributed by atoms with van der Waals surface area (Å²) in [6.45, 7) is 7.51. The second kappa shape index (κ2) is 9.99. The minimum atomic E-state index is -1.24. The van der Waals surface area contributed by atoms with Crippen LogP contribution in [0.15, 0.2) is 47.0 Å². The monoisotopic (exact) mass is 558 g/mol. The average Bonchev–Trinajstić information content (AvgIpc) is 3.64. The van der Waals surface area contributed by atoms with Crippen LogP contribution in [0, 0.1) is 19.7 Å². The van der Waals surface area contributed by atoms with Crippen molar-refractivity contribution in [3.63, 3.8) is 0 Å². The summed E-state index contributed by atoms with van der Waals surface area (Å²) in [5.41, 5.74) is 5.83. The third-order valence-electron chi connectivity index (χ3n) is 7.86. The van der Waals surface area contributed by atoms with Gasteiger partial charge in [0.05, 0.1) is 13.0 Å². The number of rotatable bonds is 7. The summed E-state index contributed by atoms with van der Waals surface area (Å²) in [5, 5.41) is 23.4. The second-order valence-electron chi connectivity index (χ2n) is 11.4. The number of aliphatic hydroxyl groups is 1. The van der Waals surface area contributed by atoms with E-state index in [1.165, 1.54) is 6.07 Å². The molecule has 0 saturated carbocycles. The van der Waals surface area contributed by atoms with E-state index in [-0.39, 0.29) is 24.0 Å². The Hall–Kier alpha value is -4.24. The highest BCUT2D eigenvalue weighted by Gasteiger charge is 2.32. The van der Waals surface area contributed by atoms with Gasteiger partial charge in [-0.3, -0.25) is 4.79 Å². The predicted octanol–water partition coefficient (Wildman–Crippen LogP) is 6.40. The van der Waals surface area contributed by atoms with Crippen molar-refractivity contribution in [2.45, 2.75) is 64.6 Å². The van der Waals surface area contributed by atoms with Gasteiger partial charge in [-0.15, -0.1) is 0 Å². The lowest BCUT2D eigenvalue weighted by molar-refractivity contribution is -0.137. The van der Waals surface area contributed by atoms with Crippen LogP contribution in [0.1, 0.15) is 72.4 Å². The highest BCUT2D eigenvalue weighted by atomic mass is 19.1. The Bertz CT molecular complexity index is 1650. The molecule has 2 aliphatic rings. The zero-order valence-corrected chi connectivity index (χ0v) is 23.3. The maximum atomic E-state index is 15.3. The van der Waals surface area contributed by atoms with Gasteiger partial charge in [0.15, 0.2) is 0 Å². The summed E-state index contributed by atoms with van der Waals surface area (Å²) < 4.78 is 32.6. The summed E-state index contributed by atoms with van der Waals surface area (Å²) in [7, 11) is 0. The van der Waals surface area contributed by atoms with Crippen molar-refractivity contribution in [3.8, 4) is 34.0 Å². The van der Waals surface area contributed by atoms with Crippen molar-refractivity contribution >= 4 is 5.97 Å². The molecule has 0 fully saturated rings. The molecule has 212 valence electrons. The van der Waals surface area contributed by atoms with Gasteiger partial charge < -0.3 is 24.2 Å². The molecule has 1 aliphatic carbocycles. The topological polar surface area (TPSA) is 115 Å². The van der Waals surface area contributed by atoms with Gasteiger partial charge in [0, 0.05) is 28.7 Å². The van der Waals surface area contributed by atoms with Crippen LogP contribution >= 0.6 is 0 Å². The van der Waals surface area contributed by atoms with E-state index in [1.54, 1.807) is 26.0 Å². The molecule has 3 aromatic carbocycles. The molecule has 2 heterocycles. The van der Waals surface area contributed by atoms with Gasteiger partial charge in [0.25, 0.3) is 5.89 Å². The number of ether oxygens (including phenoxy) is 2. The van der Waals surface area contributed by atoms with E-state index in [1.807, 2.05) is 38.1 Å². The summed E-state index contributed by atoms with van der Waals surface area (Å²) in [5.74, 6) is 0.353. The SMILES string of the molecule is Cc1cc(-c2noc(C(C)(C)O)n2)cc(C)c1-c1ccc(F)c2c1CC[C@H]2Oc1ccc2c(c1)OCC2CC(=O)O. The van der Waals surface area contributed by atoms with Crippen molar-refractivity contribution in [1.82, 2.24) is 10.1 Å². The Morgan fingerprint density at radius 1 is 1.15 bits per heavy atom. The minimum absolute atomic E-state index is 0.00792. The number of fused-ring (bicyclic) bond motifs is 2. The fourth-order valence-corrected chi connectivity index (χ4v) is 6.01. The van der Waals surface area contributed by atoms with E-state index < -0.39 is 17.7 Å². The van der Waals surface area contributed by atoms with Gasteiger partial charge in [-0.1, -0.05) is 17.3 Å². The fraction of sp³-hybridized carbons (Fsp3) is 0.344. The van der Waals surface area contributed by atoms with Gasteiger partial charge >= 0.3 is 5.97 Å². The third kappa shape index (κ3) is 4.95. The zero-order valence-electron chi connectivity index (χ0n) is 23.3.